The number of aryl methyl sites for hydroxylation is 1. The minimum Gasteiger partial charge on any atom is -0.347 e. The number of aromatic nitrogens is 1. The molecular formula is C17H25N3. The summed E-state index contributed by atoms with van der Waals surface area (Å²) in [6.07, 6.45) is 7.54. The lowest BCUT2D eigenvalue weighted by Gasteiger charge is -2.32. The van der Waals surface area contributed by atoms with Crippen molar-refractivity contribution >= 4 is 10.9 Å². The van der Waals surface area contributed by atoms with Crippen LogP contribution in [0.25, 0.3) is 10.9 Å². The molecule has 1 aliphatic rings. The number of nitrogens with zero attached hydrogens (tertiary/aromatic N) is 2. The molecule has 0 amide bonds. The maximum absolute atomic E-state index is 5.88. The van der Waals surface area contributed by atoms with Crippen LogP contribution in [0.4, 0.5) is 0 Å². The normalized spacial score (nSPS) is 20.6. The van der Waals surface area contributed by atoms with Crippen LogP contribution >= 0.6 is 0 Å². The Morgan fingerprint density at radius 1 is 1.25 bits per heavy atom. The number of para-hydroxylation sites is 1. The molecule has 2 N–H and O–H groups in total. The van der Waals surface area contributed by atoms with Gasteiger partial charge in [0.2, 0.25) is 0 Å². The molecule has 1 atom stereocenters. The van der Waals surface area contributed by atoms with Gasteiger partial charge in [-0.1, -0.05) is 24.6 Å². The number of likely N-dealkylation sites (tertiary alicyclic amines) is 1. The molecule has 3 heteroatoms. The molecule has 0 bridgehead atoms. The average molecular weight is 271 g/mol. The van der Waals surface area contributed by atoms with E-state index in [0.717, 1.165) is 12.6 Å². The molecule has 20 heavy (non-hydrogen) atoms. The van der Waals surface area contributed by atoms with Gasteiger partial charge in [0.15, 0.2) is 0 Å². The first-order chi connectivity index (χ1) is 9.79. The molecule has 1 aromatic carbocycles. The third-order valence-corrected chi connectivity index (χ3v) is 4.72. The summed E-state index contributed by atoms with van der Waals surface area (Å²) in [4.78, 5) is 2.53. The van der Waals surface area contributed by atoms with Crippen molar-refractivity contribution in [3.05, 3.63) is 36.0 Å². The lowest BCUT2D eigenvalue weighted by molar-refractivity contribution is 0.171. The third-order valence-electron chi connectivity index (χ3n) is 4.72. The molecule has 1 aromatic heterocycles. The Bertz CT molecular complexity index is 573. The Hall–Kier alpha value is -1.32. The lowest BCUT2D eigenvalue weighted by Crippen LogP contribution is -2.36. The summed E-state index contributed by atoms with van der Waals surface area (Å²) >= 11 is 0. The molecule has 2 heterocycles. The number of nitrogens with two attached hydrogens (primary N) is 1. The number of benzene rings is 1. The highest BCUT2D eigenvalue weighted by Gasteiger charge is 2.18. The smallest absolute Gasteiger partial charge is 0.0525 e. The van der Waals surface area contributed by atoms with E-state index in [9.17, 15) is 0 Å². The second-order valence-electron chi connectivity index (χ2n) is 5.99. The lowest BCUT2D eigenvalue weighted by atomic mass is 10.00. The van der Waals surface area contributed by atoms with Crippen molar-refractivity contribution < 1.29 is 0 Å². The highest BCUT2D eigenvalue weighted by atomic mass is 15.1. The standard InChI is InChI=1S/C17H25N3/c1-19-10-3-2-7-16(19)9-12-20-11-8-14-5-4-6-15(13-18)17(14)20/h4-6,8,11,16H,2-3,7,9-10,12-13,18H2,1H3. The van der Waals surface area contributed by atoms with Crippen LogP contribution in [-0.4, -0.2) is 29.1 Å². The van der Waals surface area contributed by atoms with E-state index in [4.69, 9.17) is 5.73 Å². The van der Waals surface area contributed by atoms with Crippen molar-refractivity contribution in [3.8, 4) is 0 Å². The zero-order valence-electron chi connectivity index (χ0n) is 12.4. The Morgan fingerprint density at radius 3 is 2.95 bits per heavy atom. The minimum atomic E-state index is 0.616. The summed E-state index contributed by atoms with van der Waals surface area (Å²) in [6.45, 7) is 2.96. The molecule has 1 saturated heterocycles. The minimum absolute atomic E-state index is 0.616. The van der Waals surface area contributed by atoms with Crippen molar-refractivity contribution in [2.45, 2.75) is 44.8 Å². The van der Waals surface area contributed by atoms with Gasteiger partial charge in [0.05, 0.1) is 5.52 Å². The SMILES string of the molecule is CN1CCCCC1CCn1ccc2cccc(CN)c21. The largest absolute Gasteiger partial charge is 0.347 e. The first-order valence-corrected chi connectivity index (χ1v) is 7.76. The Kier molecular flexibility index (Phi) is 4.08. The number of rotatable bonds is 4. The van der Waals surface area contributed by atoms with Crippen molar-refractivity contribution in [3.63, 3.8) is 0 Å². The van der Waals surface area contributed by atoms with Crippen LogP contribution in [-0.2, 0) is 13.1 Å². The number of piperidine rings is 1. The fourth-order valence-electron chi connectivity index (χ4n) is 3.49. The summed E-state index contributed by atoms with van der Waals surface area (Å²) in [7, 11) is 2.27. The Labute approximate surface area is 121 Å². The molecule has 3 nitrogen and oxygen atoms in total. The van der Waals surface area contributed by atoms with Gasteiger partial charge in [-0.05, 0) is 49.9 Å². The van der Waals surface area contributed by atoms with Crippen molar-refractivity contribution in [1.82, 2.24) is 9.47 Å². The summed E-state index contributed by atoms with van der Waals surface area (Å²) < 4.78 is 2.39. The van der Waals surface area contributed by atoms with E-state index in [0.29, 0.717) is 6.54 Å². The number of fused-ring (bicyclic) bond motifs is 1. The molecule has 1 unspecified atom stereocenters. The van der Waals surface area contributed by atoms with E-state index >= 15 is 0 Å². The van der Waals surface area contributed by atoms with Crippen LogP contribution in [0.3, 0.4) is 0 Å². The van der Waals surface area contributed by atoms with Gasteiger partial charge < -0.3 is 15.2 Å². The van der Waals surface area contributed by atoms with E-state index in [1.807, 2.05) is 0 Å². The van der Waals surface area contributed by atoms with Crippen LogP contribution in [0.1, 0.15) is 31.2 Å². The topological polar surface area (TPSA) is 34.2 Å². The Balaban J connectivity index is 1.77. The van der Waals surface area contributed by atoms with Crippen LogP contribution in [0.2, 0.25) is 0 Å². The molecular weight excluding hydrogens is 246 g/mol. The molecule has 0 spiro atoms. The number of hydrogen-bond acceptors (Lipinski definition) is 2. The van der Waals surface area contributed by atoms with E-state index in [1.54, 1.807) is 0 Å². The predicted octanol–water partition coefficient (Wildman–Crippen LogP) is 2.97. The predicted molar refractivity (Wildman–Crippen MR) is 84.7 cm³/mol. The van der Waals surface area contributed by atoms with Crippen LogP contribution < -0.4 is 5.73 Å². The monoisotopic (exact) mass is 271 g/mol. The van der Waals surface area contributed by atoms with E-state index in [2.05, 4.69) is 47.0 Å². The van der Waals surface area contributed by atoms with Crippen LogP contribution in [0.5, 0.6) is 0 Å². The summed E-state index contributed by atoms with van der Waals surface area (Å²) in [5, 5.41) is 1.31. The maximum atomic E-state index is 5.88. The van der Waals surface area contributed by atoms with Gasteiger partial charge in [-0.2, -0.15) is 0 Å². The average Bonchev–Trinajstić information content (AvgIpc) is 2.90. The van der Waals surface area contributed by atoms with Gasteiger partial charge in [-0.15, -0.1) is 0 Å². The van der Waals surface area contributed by atoms with Gasteiger partial charge in [-0.3, -0.25) is 0 Å². The zero-order valence-corrected chi connectivity index (χ0v) is 12.4. The molecule has 1 fully saturated rings. The molecule has 0 aliphatic carbocycles. The van der Waals surface area contributed by atoms with Gasteiger partial charge in [0.1, 0.15) is 0 Å². The van der Waals surface area contributed by atoms with Gasteiger partial charge in [-0.25, -0.2) is 0 Å². The van der Waals surface area contributed by atoms with Gasteiger partial charge in [0.25, 0.3) is 0 Å². The molecule has 0 radical (unpaired) electrons. The Morgan fingerprint density at radius 2 is 2.15 bits per heavy atom. The summed E-state index contributed by atoms with van der Waals surface area (Å²) in [5.41, 5.74) is 8.46. The van der Waals surface area contributed by atoms with E-state index in [-0.39, 0.29) is 0 Å². The number of hydrogen-bond donors (Lipinski definition) is 1. The van der Waals surface area contributed by atoms with Crippen molar-refractivity contribution in [2.75, 3.05) is 13.6 Å². The van der Waals surface area contributed by atoms with Gasteiger partial charge in [0, 0.05) is 25.3 Å². The molecule has 0 saturated carbocycles. The fourth-order valence-corrected chi connectivity index (χ4v) is 3.49. The molecule has 3 rings (SSSR count). The highest BCUT2D eigenvalue weighted by Crippen LogP contribution is 2.23. The quantitative estimate of drug-likeness (QED) is 0.927. The molecule has 2 aromatic rings. The zero-order chi connectivity index (χ0) is 13.9. The van der Waals surface area contributed by atoms with E-state index in [1.165, 1.54) is 48.7 Å². The molecule has 108 valence electrons. The maximum Gasteiger partial charge on any atom is 0.0525 e. The van der Waals surface area contributed by atoms with Crippen molar-refractivity contribution in [1.29, 1.82) is 0 Å². The second-order valence-corrected chi connectivity index (χ2v) is 5.99. The first kappa shape index (κ1) is 13.7. The van der Waals surface area contributed by atoms with Crippen LogP contribution in [0.15, 0.2) is 30.5 Å². The first-order valence-electron chi connectivity index (χ1n) is 7.76. The third kappa shape index (κ3) is 2.60. The van der Waals surface area contributed by atoms with Crippen molar-refractivity contribution in [2.24, 2.45) is 5.73 Å². The summed E-state index contributed by atoms with van der Waals surface area (Å²) in [6, 6.07) is 9.37. The second kappa shape index (κ2) is 5.98. The van der Waals surface area contributed by atoms with Crippen LogP contribution in [0, 0.1) is 0 Å². The summed E-state index contributed by atoms with van der Waals surface area (Å²) in [5.74, 6) is 0. The van der Waals surface area contributed by atoms with E-state index < -0.39 is 0 Å². The molecule has 1 aliphatic heterocycles. The fraction of sp³-hybridized carbons (Fsp3) is 0.529. The highest BCUT2D eigenvalue weighted by molar-refractivity contribution is 5.83. The van der Waals surface area contributed by atoms with Gasteiger partial charge >= 0.3 is 0 Å².